The third kappa shape index (κ3) is 2.73. The standard InChI is InChI=1S/C18H17N5O2/c1-18(15(24)16(25)23(2)17(20)22-18)13-6-7-21-14(9-13)12-5-3-4-11(8-12)10-19/h3-9,15,24H,1-2H3,(H2,20,22)/t15-,18+/m0/s1. The zero-order valence-electron chi connectivity index (χ0n) is 13.8. The lowest BCUT2D eigenvalue weighted by atomic mass is 9.85. The molecule has 1 aromatic heterocycles. The molecule has 0 fully saturated rings. The summed E-state index contributed by atoms with van der Waals surface area (Å²) in [5.74, 6) is -0.470. The number of nitrogens with two attached hydrogens (primary N) is 1. The lowest BCUT2D eigenvalue weighted by Gasteiger charge is -2.37. The van der Waals surface area contributed by atoms with E-state index in [1.807, 2.05) is 6.07 Å². The van der Waals surface area contributed by atoms with E-state index in [2.05, 4.69) is 16.0 Å². The number of hydrogen-bond acceptors (Lipinski definition) is 6. The van der Waals surface area contributed by atoms with Crippen LogP contribution in [-0.2, 0) is 10.3 Å². The first-order chi connectivity index (χ1) is 11.9. The number of carbonyl (C=O) groups excluding carboxylic acids is 1. The molecule has 2 heterocycles. The van der Waals surface area contributed by atoms with E-state index in [-0.39, 0.29) is 5.96 Å². The number of nitrogens with zero attached hydrogens (tertiary/aromatic N) is 4. The highest BCUT2D eigenvalue weighted by Crippen LogP contribution is 2.34. The first-order valence-corrected chi connectivity index (χ1v) is 7.65. The molecule has 0 radical (unpaired) electrons. The Morgan fingerprint density at radius 2 is 2.12 bits per heavy atom. The van der Waals surface area contributed by atoms with Crippen LogP contribution in [0.2, 0.25) is 0 Å². The van der Waals surface area contributed by atoms with Crippen molar-refractivity contribution < 1.29 is 9.90 Å². The van der Waals surface area contributed by atoms with Crippen LogP contribution in [0.5, 0.6) is 0 Å². The second-order valence-electron chi connectivity index (χ2n) is 6.04. The number of aliphatic hydroxyl groups excluding tert-OH is 1. The molecule has 25 heavy (non-hydrogen) atoms. The predicted molar refractivity (Wildman–Crippen MR) is 92.1 cm³/mol. The summed E-state index contributed by atoms with van der Waals surface area (Å²) in [5.41, 5.74) is 7.12. The maximum atomic E-state index is 12.2. The summed E-state index contributed by atoms with van der Waals surface area (Å²) in [6.45, 7) is 1.65. The normalized spacial score (nSPS) is 23.1. The first-order valence-electron chi connectivity index (χ1n) is 7.65. The van der Waals surface area contributed by atoms with Crippen LogP contribution < -0.4 is 5.73 Å². The third-order valence-corrected chi connectivity index (χ3v) is 4.42. The molecule has 126 valence electrons. The maximum Gasteiger partial charge on any atom is 0.260 e. The molecule has 1 aliphatic rings. The second-order valence-corrected chi connectivity index (χ2v) is 6.04. The smallest absolute Gasteiger partial charge is 0.260 e. The number of guanidine groups is 1. The van der Waals surface area contributed by atoms with Crippen molar-refractivity contribution in [3.8, 4) is 17.3 Å². The summed E-state index contributed by atoms with van der Waals surface area (Å²) in [6, 6.07) is 12.6. The van der Waals surface area contributed by atoms with Gasteiger partial charge in [-0.3, -0.25) is 14.7 Å². The molecule has 1 aromatic carbocycles. The summed E-state index contributed by atoms with van der Waals surface area (Å²) in [6.07, 6.45) is 0.224. The molecule has 1 aliphatic heterocycles. The molecule has 3 rings (SSSR count). The average molecular weight is 335 g/mol. The van der Waals surface area contributed by atoms with Gasteiger partial charge in [0.2, 0.25) is 0 Å². The van der Waals surface area contributed by atoms with Crippen LogP contribution in [0.15, 0.2) is 47.6 Å². The number of benzene rings is 1. The van der Waals surface area contributed by atoms with Gasteiger partial charge in [-0.2, -0.15) is 5.26 Å². The molecule has 7 nitrogen and oxygen atoms in total. The van der Waals surface area contributed by atoms with Crippen molar-refractivity contribution in [2.45, 2.75) is 18.6 Å². The molecule has 0 bridgehead atoms. The van der Waals surface area contributed by atoms with Crippen LogP contribution in [0, 0.1) is 11.3 Å². The van der Waals surface area contributed by atoms with Crippen molar-refractivity contribution >= 4 is 11.9 Å². The number of likely N-dealkylation sites (N-methyl/N-ethyl adjacent to an activating group) is 1. The summed E-state index contributed by atoms with van der Waals surface area (Å²) >= 11 is 0. The van der Waals surface area contributed by atoms with E-state index in [0.717, 1.165) is 10.5 Å². The van der Waals surface area contributed by atoms with Gasteiger partial charge in [-0.05, 0) is 36.8 Å². The number of aliphatic imine (C=N–C) groups is 1. The Morgan fingerprint density at radius 3 is 2.84 bits per heavy atom. The van der Waals surface area contributed by atoms with Gasteiger partial charge in [-0.25, -0.2) is 4.99 Å². The minimum absolute atomic E-state index is 0.0441. The van der Waals surface area contributed by atoms with E-state index in [1.165, 1.54) is 7.05 Å². The van der Waals surface area contributed by atoms with Gasteiger partial charge in [0, 0.05) is 18.8 Å². The Balaban J connectivity index is 2.10. The average Bonchev–Trinajstić information content (AvgIpc) is 2.65. The fourth-order valence-electron chi connectivity index (χ4n) is 2.78. The van der Waals surface area contributed by atoms with Gasteiger partial charge in [0.1, 0.15) is 5.54 Å². The fourth-order valence-corrected chi connectivity index (χ4v) is 2.78. The Hall–Kier alpha value is -3.24. The lowest BCUT2D eigenvalue weighted by molar-refractivity contribution is -0.140. The molecule has 0 aliphatic carbocycles. The van der Waals surface area contributed by atoms with Crippen molar-refractivity contribution in [3.05, 3.63) is 53.7 Å². The van der Waals surface area contributed by atoms with E-state index in [1.54, 1.807) is 43.5 Å². The van der Waals surface area contributed by atoms with E-state index in [4.69, 9.17) is 11.0 Å². The van der Waals surface area contributed by atoms with Crippen molar-refractivity contribution in [2.75, 3.05) is 7.05 Å². The Labute approximate surface area is 145 Å². The molecular weight excluding hydrogens is 318 g/mol. The number of aliphatic hydroxyl groups is 1. The quantitative estimate of drug-likeness (QED) is 0.849. The zero-order chi connectivity index (χ0) is 18.2. The monoisotopic (exact) mass is 335 g/mol. The fraction of sp³-hybridized carbons (Fsp3) is 0.222. The van der Waals surface area contributed by atoms with Crippen molar-refractivity contribution in [3.63, 3.8) is 0 Å². The zero-order valence-corrected chi connectivity index (χ0v) is 13.8. The van der Waals surface area contributed by atoms with Crippen LogP contribution in [0.4, 0.5) is 0 Å². The van der Waals surface area contributed by atoms with Crippen LogP contribution >= 0.6 is 0 Å². The molecular formula is C18H17N5O2. The number of hydrogen-bond donors (Lipinski definition) is 2. The first kappa shape index (κ1) is 16.6. The SMILES string of the molecule is CN1C(=O)[C@H](O)[C@@](C)(c2ccnc(-c3cccc(C#N)c3)c2)N=C1N. The van der Waals surface area contributed by atoms with Crippen molar-refractivity contribution in [2.24, 2.45) is 10.7 Å². The summed E-state index contributed by atoms with van der Waals surface area (Å²) in [7, 11) is 1.47. The maximum absolute atomic E-state index is 12.2. The highest BCUT2D eigenvalue weighted by atomic mass is 16.3. The van der Waals surface area contributed by atoms with E-state index >= 15 is 0 Å². The highest BCUT2D eigenvalue weighted by molar-refractivity contribution is 6.01. The number of nitriles is 1. The van der Waals surface area contributed by atoms with Gasteiger partial charge in [0.05, 0.1) is 17.3 Å². The van der Waals surface area contributed by atoms with Gasteiger partial charge in [0.15, 0.2) is 12.1 Å². The number of aromatic nitrogens is 1. The number of rotatable bonds is 2. The Kier molecular flexibility index (Phi) is 3.99. The predicted octanol–water partition coefficient (Wildman–Crippen LogP) is 0.983. The van der Waals surface area contributed by atoms with Crippen LogP contribution in [0.25, 0.3) is 11.3 Å². The molecule has 3 N–H and O–H groups in total. The van der Waals surface area contributed by atoms with Gasteiger partial charge < -0.3 is 10.8 Å². The molecule has 1 amide bonds. The number of carbonyl (C=O) groups is 1. The van der Waals surface area contributed by atoms with Gasteiger partial charge >= 0.3 is 0 Å². The van der Waals surface area contributed by atoms with Gasteiger partial charge in [0.25, 0.3) is 5.91 Å². The Bertz CT molecular complexity index is 918. The minimum Gasteiger partial charge on any atom is -0.380 e. The summed E-state index contributed by atoms with van der Waals surface area (Å²) < 4.78 is 0. The Morgan fingerprint density at radius 1 is 1.36 bits per heavy atom. The topological polar surface area (TPSA) is 116 Å². The van der Waals surface area contributed by atoms with Crippen molar-refractivity contribution in [1.29, 1.82) is 5.26 Å². The molecule has 2 aromatic rings. The molecule has 0 spiro atoms. The van der Waals surface area contributed by atoms with Crippen LogP contribution in [-0.4, -0.2) is 40.0 Å². The largest absolute Gasteiger partial charge is 0.380 e. The number of pyridine rings is 1. The molecule has 2 atom stereocenters. The van der Waals surface area contributed by atoms with E-state index in [9.17, 15) is 9.90 Å². The summed E-state index contributed by atoms with van der Waals surface area (Å²) in [5, 5.41) is 19.5. The molecule has 0 unspecified atom stereocenters. The third-order valence-electron chi connectivity index (χ3n) is 4.42. The number of amides is 1. The van der Waals surface area contributed by atoms with E-state index < -0.39 is 17.6 Å². The molecule has 7 heteroatoms. The second kappa shape index (κ2) is 6.00. The van der Waals surface area contributed by atoms with Gasteiger partial charge in [-0.1, -0.05) is 12.1 Å². The van der Waals surface area contributed by atoms with E-state index in [0.29, 0.717) is 16.8 Å². The highest BCUT2D eigenvalue weighted by Gasteiger charge is 2.45. The van der Waals surface area contributed by atoms with Crippen molar-refractivity contribution in [1.82, 2.24) is 9.88 Å². The lowest BCUT2D eigenvalue weighted by Crippen LogP contribution is -2.56. The molecule has 0 saturated heterocycles. The van der Waals surface area contributed by atoms with Crippen LogP contribution in [0.1, 0.15) is 18.1 Å². The van der Waals surface area contributed by atoms with Gasteiger partial charge in [-0.15, -0.1) is 0 Å². The summed E-state index contributed by atoms with van der Waals surface area (Å²) in [4.78, 5) is 22.0. The minimum atomic E-state index is -1.36. The van der Waals surface area contributed by atoms with Crippen LogP contribution in [0.3, 0.4) is 0 Å². The molecule has 0 saturated carbocycles.